The zero-order valence-corrected chi connectivity index (χ0v) is 15.6. The summed E-state index contributed by atoms with van der Waals surface area (Å²) in [6, 6.07) is 10.7. The summed E-state index contributed by atoms with van der Waals surface area (Å²) in [4.78, 5) is 24.2. The second kappa shape index (κ2) is 7.46. The summed E-state index contributed by atoms with van der Waals surface area (Å²) in [6.07, 6.45) is 3.00. The minimum atomic E-state index is -1.34. The van der Waals surface area contributed by atoms with Crippen LogP contribution in [0, 0.1) is 11.7 Å². The molecular weight excluding hydrogens is 377 g/mol. The highest BCUT2D eigenvalue weighted by atomic mass is 19.1. The molecule has 148 valence electrons. The molecule has 0 aliphatic heterocycles. The first-order valence-electron chi connectivity index (χ1n) is 9.19. The molecule has 1 aromatic heterocycles. The van der Waals surface area contributed by atoms with Crippen LogP contribution in [0.4, 0.5) is 4.39 Å². The number of Topliss-reactive ketones (excluding diaryl/α,β-unsaturated/α-hetero) is 1. The average molecular weight is 395 g/mol. The number of ether oxygens (including phenoxy) is 1. The van der Waals surface area contributed by atoms with Crippen LogP contribution in [0.25, 0.3) is 5.69 Å². The van der Waals surface area contributed by atoms with Gasteiger partial charge in [0, 0.05) is 17.5 Å². The zero-order chi connectivity index (χ0) is 20.5. The largest absolute Gasteiger partial charge is 0.484 e. The zero-order valence-electron chi connectivity index (χ0n) is 15.6. The monoisotopic (exact) mass is 395 g/mol. The van der Waals surface area contributed by atoms with E-state index in [1.165, 1.54) is 23.1 Å². The first-order valence-corrected chi connectivity index (χ1v) is 9.19. The van der Waals surface area contributed by atoms with Crippen LogP contribution in [0.3, 0.4) is 0 Å². The number of carboxylic acid groups (broad SMARTS) is 1. The van der Waals surface area contributed by atoms with E-state index in [0.717, 1.165) is 18.9 Å². The van der Waals surface area contributed by atoms with Crippen molar-refractivity contribution < 1.29 is 23.8 Å². The van der Waals surface area contributed by atoms with Gasteiger partial charge in [-0.1, -0.05) is 0 Å². The number of nitrogens with zero attached hydrogens (tertiary/aromatic N) is 3. The number of carbonyl (C=O) groups excluding carboxylic acids is 1. The molecule has 0 saturated heterocycles. The number of benzene rings is 2. The van der Waals surface area contributed by atoms with E-state index in [2.05, 4.69) is 10.2 Å². The Bertz CT molecular complexity index is 1070. The molecule has 1 aliphatic carbocycles. The van der Waals surface area contributed by atoms with Crippen molar-refractivity contribution in [3.63, 3.8) is 0 Å². The van der Waals surface area contributed by atoms with Crippen molar-refractivity contribution in [3.8, 4) is 11.4 Å². The molecule has 1 N–H and O–H groups in total. The molecule has 0 spiro atoms. The highest BCUT2D eigenvalue weighted by Gasteiger charge is 2.30. The van der Waals surface area contributed by atoms with E-state index in [1.54, 1.807) is 31.2 Å². The van der Waals surface area contributed by atoms with Crippen LogP contribution >= 0.6 is 0 Å². The van der Waals surface area contributed by atoms with E-state index in [9.17, 15) is 14.0 Å². The predicted octanol–water partition coefficient (Wildman–Crippen LogP) is 3.84. The fraction of sp³-hybridized carbons (Fsp3) is 0.238. The Hall–Kier alpha value is -3.55. The molecule has 8 heteroatoms. The molecule has 1 heterocycles. The van der Waals surface area contributed by atoms with Crippen molar-refractivity contribution in [2.75, 3.05) is 0 Å². The van der Waals surface area contributed by atoms with Crippen LogP contribution in [-0.4, -0.2) is 31.9 Å². The predicted molar refractivity (Wildman–Crippen MR) is 101 cm³/mol. The Morgan fingerprint density at radius 1 is 1.21 bits per heavy atom. The van der Waals surface area contributed by atoms with Crippen molar-refractivity contribution in [1.29, 1.82) is 0 Å². The molecule has 29 heavy (non-hydrogen) atoms. The topological polar surface area (TPSA) is 94.3 Å². The Balaban J connectivity index is 1.45. The Kier molecular flexibility index (Phi) is 4.84. The summed E-state index contributed by atoms with van der Waals surface area (Å²) >= 11 is 0. The van der Waals surface area contributed by atoms with Crippen LogP contribution in [0.1, 0.15) is 52.3 Å². The number of halogens is 1. The van der Waals surface area contributed by atoms with Gasteiger partial charge in [-0.2, -0.15) is 9.90 Å². The third kappa shape index (κ3) is 4.01. The molecule has 7 nitrogen and oxygen atoms in total. The quantitative estimate of drug-likeness (QED) is 0.611. The molecule has 0 amide bonds. The lowest BCUT2D eigenvalue weighted by Crippen LogP contribution is -2.07. The smallest absolute Gasteiger partial charge is 0.338 e. The molecule has 4 rings (SSSR count). The standard InChI is InChI=1S/C21H18FN3O4/c1-12(29-16-7-4-14(5-8-16)20(26)13-2-3-13)19-11-23-25(24-19)15-6-9-17(21(27)28)18(22)10-15/h4-13H,2-3H2,1H3,(H,27,28). The van der Waals surface area contributed by atoms with E-state index in [-0.39, 0.29) is 11.7 Å². The highest BCUT2D eigenvalue weighted by Crippen LogP contribution is 2.33. The van der Waals surface area contributed by atoms with Crippen molar-refractivity contribution in [2.45, 2.75) is 25.9 Å². The van der Waals surface area contributed by atoms with Crippen molar-refractivity contribution >= 4 is 11.8 Å². The van der Waals surface area contributed by atoms with E-state index in [1.807, 2.05) is 0 Å². The van der Waals surface area contributed by atoms with Gasteiger partial charge in [-0.05, 0) is 56.2 Å². The van der Waals surface area contributed by atoms with Crippen molar-refractivity contribution in [2.24, 2.45) is 5.92 Å². The first-order chi connectivity index (χ1) is 13.9. The first kappa shape index (κ1) is 18.8. The van der Waals surface area contributed by atoms with Crippen molar-refractivity contribution in [1.82, 2.24) is 15.0 Å². The maximum atomic E-state index is 13.9. The minimum Gasteiger partial charge on any atom is -0.484 e. The van der Waals surface area contributed by atoms with E-state index in [0.29, 0.717) is 22.7 Å². The molecule has 2 aromatic carbocycles. The number of ketones is 1. The summed E-state index contributed by atoms with van der Waals surface area (Å²) in [6.45, 7) is 1.80. The third-order valence-electron chi connectivity index (χ3n) is 4.74. The second-order valence-electron chi connectivity index (χ2n) is 6.95. The third-order valence-corrected chi connectivity index (χ3v) is 4.74. The number of carbonyl (C=O) groups is 2. The summed E-state index contributed by atoms with van der Waals surface area (Å²) in [7, 11) is 0. The number of hydrogen-bond donors (Lipinski definition) is 1. The molecule has 3 aromatic rings. The SMILES string of the molecule is CC(Oc1ccc(C(=O)C2CC2)cc1)c1cnn(-c2ccc(C(=O)O)c(F)c2)n1. The summed E-state index contributed by atoms with van der Waals surface area (Å²) in [5.41, 5.74) is 1.09. The fourth-order valence-electron chi connectivity index (χ4n) is 2.93. The normalized spacial score (nSPS) is 14.4. The molecular formula is C21H18FN3O4. The molecule has 1 saturated carbocycles. The molecule has 1 aliphatic rings. The van der Waals surface area contributed by atoms with Crippen LogP contribution in [0.5, 0.6) is 5.75 Å². The number of carboxylic acids is 1. The highest BCUT2D eigenvalue weighted by molar-refractivity contribution is 5.99. The van der Waals surface area contributed by atoms with Crippen molar-refractivity contribution in [3.05, 3.63) is 71.3 Å². The molecule has 0 bridgehead atoms. The van der Waals surface area contributed by atoms with E-state index >= 15 is 0 Å². The Morgan fingerprint density at radius 2 is 1.93 bits per heavy atom. The Labute approximate surface area is 165 Å². The maximum absolute atomic E-state index is 13.9. The van der Waals surface area contributed by atoms with Gasteiger partial charge in [0.15, 0.2) is 5.78 Å². The minimum absolute atomic E-state index is 0.171. The number of hydrogen-bond acceptors (Lipinski definition) is 5. The summed E-state index contributed by atoms with van der Waals surface area (Å²) < 4.78 is 19.7. The van der Waals surface area contributed by atoms with E-state index < -0.39 is 23.5 Å². The van der Waals surface area contributed by atoms with Crippen LogP contribution < -0.4 is 4.74 Å². The van der Waals surface area contributed by atoms with Gasteiger partial charge in [-0.3, -0.25) is 4.79 Å². The lowest BCUT2D eigenvalue weighted by Gasteiger charge is -2.12. The number of aromatic carboxylic acids is 1. The maximum Gasteiger partial charge on any atom is 0.338 e. The Morgan fingerprint density at radius 3 is 2.55 bits per heavy atom. The van der Waals surface area contributed by atoms with Gasteiger partial charge < -0.3 is 9.84 Å². The average Bonchev–Trinajstić information content (AvgIpc) is 3.43. The number of aromatic nitrogens is 3. The lowest BCUT2D eigenvalue weighted by atomic mass is 10.1. The summed E-state index contributed by atoms with van der Waals surface area (Å²) in [5, 5.41) is 17.3. The second-order valence-corrected chi connectivity index (χ2v) is 6.95. The van der Waals surface area contributed by atoms with Gasteiger partial charge >= 0.3 is 5.97 Å². The van der Waals surface area contributed by atoms with Gasteiger partial charge in [-0.15, -0.1) is 5.10 Å². The molecule has 1 fully saturated rings. The van der Waals surface area contributed by atoms with Crippen LogP contribution in [0.2, 0.25) is 0 Å². The van der Waals surface area contributed by atoms with Gasteiger partial charge in [-0.25, -0.2) is 9.18 Å². The molecule has 1 unspecified atom stereocenters. The summed E-state index contributed by atoms with van der Waals surface area (Å²) in [5.74, 6) is -1.26. The van der Waals surface area contributed by atoms with E-state index in [4.69, 9.17) is 9.84 Å². The van der Waals surface area contributed by atoms with Crippen LogP contribution in [-0.2, 0) is 0 Å². The number of rotatable bonds is 7. The van der Waals surface area contributed by atoms with Crippen LogP contribution in [0.15, 0.2) is 48.7 Å². The van der Waals surface area contributed by atoms with Gasteiger partial charge in [0.2, 0.25) is 0 Å². The van der Waals surface area contributed by atoms with Gasteiger partial charge in [0.1, 0.15) is 23.4 Å². The fourth-order valence-corrected chi connectivity index (χ4v) is 2.93. The molecule has 1 atom stereocenters. The lowest BCUT2D eigenvalue weighted by molar-refractivity contribution is 0.0691. The molecule has 0 radical (unpaired) electrons. The van der Waals surface area contributed by atoms with Gasteiger partial charge in [0.05, 0.1) is 17.4 Å². The van der Waals surface area contributed by atoms with Gasteiger partial charge in [0.25, 0.3) is 0 Å².